The molecule has 3 heterocycles. The summed E-state index contributed by atoms with van der Waals surface area (Å²) >= 11 is 0. The molecule has 1 aromatic carbocycles. The van der Waals surface area contributed by atoms with E-state index < -0.39 is 5.91 Å². The summed E-state index contributed by atoms with van der Waals surface area (Å²) in [5.74, 6) is 2.89. The van der Waals surface area contributed by atoms with Crippen molar-refractivity contribution in [3.05, 3.63) is 54.1 Å². The van der Waals surface area contributed by atoms with Crippen molar-refractivity contribution in [3.63, 3.8) is 0 Å². The second kappa shape index (κ2) is 9.85. The van der Waals surface area contributed by atoms with E-state index in [-0.39, 0.29) is 0 Å². The van der Waals surface area contributed by atoms with Crippen LogP contribution in [0.25, 0.3) is 11.3 Å². The number of carbonyl (C=O) groups is 1. The van der Waals surface area contributed by atoms with Crippen LogP contribution in [0.5, 0.6) is 0 Å². The van der Waals surface area contributed by atoms with E-state index in [1.54, 1.807) is 24.4 Å². The largest absolute Gasteiger partial charge is 0.424 e. The minimum absolute atomic E-state index is 0.314. The molecular formula is C28H31N7O2. The fraction of sp³-hybridized carbons (Fsp3) is 0.464. The summed E-state index contributed by atoms with van der Waals surface area (Å²) in [5.41, 5.74) is 7.08. The monoisotopic (exact) mass is 497 g/mol. The number of hydrogen-bond acceptors (Lipinski definition) is 8. The average molecular weight is 498 g/mol. The number of primary amides is 1. The Morgan fingerprint density at radius 3 is 2.89 bits per heavy atom. The van der Waals surface area contributed by atoms with Crippen LogP contribution in [0.4, 0.5) is 11.8 Å². The van der Waals surface area contributed by atoms with E-state index in [1.807, 2.05) is 12.1 Å². The van der Waals surface area contributed by atoms with E-state index in [9.17, 15) is 10.1 Å². The lowest BCUT2D eigenvalue weighted by atomic mass is 9.77. The molecule has 2 bridgehead atoms. The highest BCUT2D eigenvalue weighted by Crippen LogP contribution is 2.47. The molecule has 0 unspecified atom stereocenters. The van der Waals surface area contributed by atoms with Gasteiger partial charge in [0.2, 0.25) is 5.91 Å². The quantitative estimate of drug-likeness (QED) is 0.491. The number of nitriles is 1. The molecule has 1 saturated heterocycles. The molecule has 9 nitrogen and oxygen atoms in total. The molecule has 3 aliphatic rings. The minimum atomic E-state index is -0.464. The first kappa shape index (κ1) is 23.5. The molecule has 3 aromatic rings. The average Bonchev–Trinajstić information content (AvgIpc) is 3.66. The first-order valence-corrected chi connectivity index (χ1v) is 13.2. The number of rotatable bonds is 7. The van der Waals surface area contributed by atoms with Gasteiger partial charge in [0.1, 0.15) is 23.9 Å². The summed E-state index contributed by atoms with van der Waals surface area (Å²) in [5, 5.41) is 12.9. The molecule has 3 N–H and O–H groups in total. The van der Waals surface area contributed by atoms with E-state index in [0.717, 1.165) is 24.3 Å². The molecule has 6 rings (SSSR count). The molecule has 190 valence electrons. The van der Waals surface area contributed by atoms with Crippen molar-refractivity contribution in [2.24, 2.45) is 23.5 Å². The van der Waals surface area contributed by atoms with Crippen LogP contribution in [0.15, 0.2) is 47.3 Å². The standard InChI is InChI=1S/C28H31N7O2/c29-13-22-12-26(33-16-32-22)35-15-17-8-21(24(35)9-17)10-18-4-1-2-7-23(18)34-28-31-14-25(37-28)19-5-3-6-20(11-19)27(30)36/h3,5-6,11-12,14,16-18,21,23-24H,1-2,4,7-10,15H2,(H2,30,36)(H,31,34)/t17-,18+,21-,23-,24-/m1/s1. The number of aromatic nitrogens is 3. The lowest BCUT2D eigenvalue weighted by Crippen LogP contribution is -2.41. The van der Waals surface area contributed by atoms with E-state index >= 15 is 0 Å². The van der Waals surface area contributed by atoms with Gasteiger partial charge in [-0.3, -0.25) is 4.79 Å². The van der Waals surface area contributed by atoms with Crippen molar-refractivity contribution in [2.75, 3.05) is 16.8 Å². The van der Waals surface area contributed by atoms with Gasteiger partial charge in [-0.2, -0.15) is 5.26 Å². The number of anilines is 2. The maximum atomic E-state index is 11.5. The molecular weight excluding hydrogens is 466 g/mol. The molecule has 1 amide bonds. The summed E-state index contributed by atoms with van der Waals surface area (Å²) in [6.07, 6.45) is 11.6. The summed E-state index contributed by atoms with van der Waals surface area (Å²) in [7, 11) is 0. The van der Waals surface area contributed by atoms with Gasteiger partial charge in [0.15, 0.2) is 5.76 Å². The molecule has 5 atom stereocenters. The Morgan fingerprint density at radius 2 is 2.05 bits per heavy atom. The zero-order chi connectivity index (χ0) is 25.4. The molecule has 37 heavy (non-hydrogen) atoms. The fourth-order valence-corrected chi connectivity index (χ4v) is 6.77. The third kappa shape index (κ3) is 4.76. The molecule has 2 aliphatic carbocycles. The number of nitrogens with one attached hydrogen (secondary N) is 1. The van der Waals surface area contributed by atoms with Gasteiger partial charge in [0.05, 0.1) is 6.20 Å². The second-order valence-corrected chi connectivity index (χ2v) is 10.7. The number of fused-ring (bicyclic) bond motifs is 2. The number of nitrogens with two attached hydrogens (primary N) is 1. The Kier molecular flexibility index (Phi) is 6.25. The zero-order valence-corrected chi connectivity index (χ0v) is 20.7. The first-order chi connectivity index (χ1) is 18.1. The van der Waals surface area contributed by atoms with Crippen molar-refractivity contribution in [3.8, 4) is 17.4 Å². The maximum absolute atomic E-state index is 11.5. The van der Waals surface area contributed by atoms with Crippen molar-refractivity contribution in [2.45, 2.75) is 57.0 Å². The Morgan fingerprint density at radius 1 is 1.16 bits per heavy atom. The van der Waals surface area contributed by atoms with Gasteiger partial charge >= 0.3 is 0 Å². The highest BCUT2D eigenvalue weighted by atomic mass is 16.4. The van der Waals surface area contributed by atoms with E-state index in [4.69, 9.17) is 10.2 Å². The van der Waals surface area contributed by atoms with E-state index in [0.29, 0.717) is 52.9 Å². The molecule has 0 radical (unpaired) electrons. The molecule has 1 aliphatic heterocycles. The van der Waals surface area contributed by atoms with Crippen LogP contribution in [0.3, 0.4) is 0 Å². The third-order valence-electron chi connectivity index (χ3n) is 8.43. The molecule has 9 heteroatoms. The van der Waals surface area contributed by atoms with Crippen molar-refractivity contribution < 1.29 is 9.21 Å². The van der Waals surface area contributed by atoms with Crippen LogP contribution < -0.4 is 16.0 Å². The summed E-state index contributed by atoms with van der Waals surface area (Å²) in [4.78, 5) is 27.0. The van der Waals surface area contributed by atoms with Gasteiger partial charge in [0.25, 0.3) is 6.01 Å². The van der Waals surface area contributed by atoms with Gasteiger partial charge in [-0.25, -0.2) is 15.0 Å². The van der Waals surface area contributed by atoms with Crippen molar-refractivity contribution >= 4 is 17.7 Å². The van der Waals surface area contributed by atoms with Crippen LogP contribution in [0, 0.1) is 29.1 Å². The number of hydrogen-bond donors (Lipinski definition) is 2. The highest BCUT2D eigenvalue weighted by Gasteiger charge is 2.46. The summed E-state index contributed by atoms with van der Waals surface area (Å²) in [6, 6.07) is 12.4. The van der Waals surface area contributed by atoms with Crippen molar-refractivity contribution in [1.82, 2.24) is 15.0 Å². The molecule has 2 saturated carbocycles. The number of carbonyl (C=O) groups excluding carboxylic acids is 1. The smallest absolute Gasteiger partial charge is 0.295 e. The molecule has 2 aromatic heterocycles. The lowest BCUT2D eigenvalue weighted by Gasteiger charge is -2.39. The van der Waals surface area contributed by atoms with Crippen LogP contribution in [-0.4, -0.2) is 39.5 Å². The SMILES string of the molecule is N#Cc1cc(N2C[C@@H]3C[C@H](C[C@@H]4CCCC[C@H]4Nc4ncc(-c5cccc(C(N)=O)c5)o4)[C@H]2C3)ncn1. The van der Waals surface area contributed by atoms with E-state index in [2.05, 4.69) is 31.2 Å². The number of piperidine rings is 1. The first-order valence-electron chi connectivity index (χ1n) is 13.2. The zero-order valence-electron chi connectivity index (χ0n) is 20.7. The maximum Gasteiger partial charge on any atom is 0.295 e. The lowest BCUT2D eigenvalue weighted by molar-refractivity contribution is 0.100. The topological polar surface area (TPSA) is 134 Å². The number of oxazole rings is 1. The van der Waals surface area contributed by atoms with Crippen LogP contribution in [0.1, 0.15) is 61.0 Å². The predicted octanol–water partition coefficient (Wildman–Crippen LogP) is 4.38. The molecule has 3 fully saturated rings. The second-order valence-electron chi connectivity index (χ2n) is 10.7. The van der Waals surface area contributed by atoms with Gasteiger partial charge in [-0.15, -0.1) is 0 Å². The predicted molar refractivity (Wildman–Crippen MR) is 139 cm³/mol. The third-order valence-corrected chi connectivity index (χ3v) is 8.43. The number of amides is 1. The summed E-state index contributed by atoms with van der Waals surface area (Å²) in [6.45, 7) is 1.02. The number of benzene rings is 1. The Balaban J connectivity index is 1.14. The highest BCUT2D eigenvalue weighted by molar-refractivity contribution is 5.93. The fourth-order valence-electron chi connectivity index (χ4n) is 6.77. The van der Waals surface area contributed by atoms with Crippen LogP contribution >= 0.6 is 0 Å². The Hall–Kier alpha value is -3.93. The van der Waals surface area contributed by atoms with Crippen molar-refractivity contribution in [1.29, 1.82) is 5.26 Å². The normalized spacial score (nSPS) is 26.7. The molecule has 0 spiro atoms. The van der Waals surface area contributed by atoms with E-state index in [1.165, 1.54) is 44.9 Å². The van der Waals surface area contributed by atoms with Gasteiger partial charge < -0.3 is 20.4 Å². The van der Waals surface area contributed by atoms with Gasteiger partial charge in [0, 0.05) is 35.8 Å². The summed E-state index contributed by atoms with van der Waals surface area (Å²) < 4.78 is 6.05. The minimum Gasteiger partial charge on any atom is -0.424 e. The Bertz CT molecular complexity index is 1330. The van der Waals surface area contributed by atoms with Crippen LogP contribution in [0.2, 0.25) is 0 Å². The van der Waals surface area contributed by atoms with Gasteiger partial charge in [-0.1, -0.05) is 25.0 Å². The number of nitrogens with zero attached hydrogens (tertiary/aromatic N) is 5. The van der Waals surface area contributed by atoms with Gasteiger partial charge in [-0.05, 0) is 62.0 Å². The van der Waals surface area contributed by atoms with Crippen LogP contribution in [-0.2, 0) is 0 Å². The Labute approximate surface area is 216 Å².